The fraction of sp³-hybridized carbons (Fsp3) is 0.455. The third kappa shape index (κ3) is 31.0. The standard InChI is InChI=1S/C77H103N19O25/c1-39(99)63(94-64(109)47(78)30-41-13-19-44(100)20-14-41)76(121)96-29-7-12-58(96)74(119)90-53(34-60(80)104)70(115)91-54(35-61(105)106)75(120)95-28-6-11-57(95)73(118)89-52(33-43-17-23-46(102)24-18-43)68(113)88-51(31-40-8-3-2-4-9-40)69(114)92-56(38-98)72(117)93-55(37-97)71(116)85-48(10-5-27-83-77(81)82)66(111)86-49(25-26-59(79)103)67(112)87-50(65(110)84-36-62(107)108)32-42-15-21-45(101)22-16-42/h2-4,8-9,13-24,39,47-58,63,97-102H,5-7,10-12,25-38,78H2,1H3,(H2,79,103)(H2,80,104)(H,84,110)(H,85,116)(H,86,111)(H,87,112)(H,88,113)(H,89,118)(H,90,119)(H,91,115)(H,92,114)(H,93,117)(H,94,109)(H,105,106)(H,107,108)(H4,81,82,83)/t39-,47+,48+,49+,50+,51+,52+,53+,54+,55+,56+,57+,58+,63+/m1/s1. The van der Waals surface area contributed by atoms with Gasteiger partial charge in [0.25, 0.3) is 0 Å². The summed E-state index contributed by atoms with van der Waals surface area (Å²) < 4.78 is 0. The van der Waals surface area contributed by atoms with E-state index >= 15 is 0 Å². The molecule has 2 aliphatic heterocycles. The van der Waals surface area contributed by atoms with E-state index in [-0.39, 0.29) is 106 Å². The van der Waals surface area contributed by atoms with Crippen LogP contribution in [0.25, 0.3) is 0 Å². The Bertz CT molecular complexity index is 4370. The van der Waals surface area contributed by atoms with Gasteiger partial charge in [-0.15, -0.1) is 0 Å². The summed E-state index contributed by atoms with van der Waals surface area (Å²) in [7, 11) is 0. The van der Waals surface area contributed by atoms with Gasteiger partial charge >= 0.3 is 11.9 Å². The Morgan fingerprint density at radius 1 is 0.430 bits per heavy atom. The summed E-state index contributed by atoms with van der Waals surface area (Å²) in [4.78, 5) is 239. The van der Waals surface area contributed by atoms with Crippen LogP contribution in [0.2, 0.25) is 0 Å². The van der Waals surface area contributed by atoms with E-state index in [9.17, 15) is 122 Å². The third-order valence-corrected chi connectivity index (χ3v) is 19.4. The molecule has 2 saturated heterocycles. The van der Waals surface area contributed by atoms with Crippen molar-refractivity contribution in [1.82, 2.24) is 68.3 Å². The van der Waals surface area contributed by atoms with Crippen LogP contribution in [0.3, 0.4) is 0 Å². The van der Waals surface area contributed by atoms with Crippen LogP contribution >= 0.6 is 0 Å². The maximum absolute atomic E-state index is 14.9. The highest BCUT2D eigenvalue weighted by molar-refractivity contribution is 6.02. The van der Waals surface area contributed by atoms with Gasteiger partial charge in [0.1, 0.15) is 96.3 Å². The lowest BCUT2D eigenvalue weighted by molar-refractivity contribution is -0.147. The van der Waals surface area contributed by atoms with E-state index in [4.69, 9.17) is 28.7 Å². The van der Waals surface area contributed by atoms with E-state index in [1.54, 1.807) is 30.3 Å². The molecule has 29 N–H and O–H groups in total. The lowest BCUT2D eigenvalue weighted by atomic mass is 10.0. The zero-order valence-corrected chi connectivity index (χ0v) is 65.8. The molecule has 0 bridgehead atoms. The van der Waals surface area contributed by atoms with E-state index < -0.39 is 237 Å². The number of rotatable bonds is 47. The Hall–Kier alpha value is -13.6. The van der Waals surface area contributed by atoms with E-state index in [2.05, 4.69) is 63.5 Å². The van der Waals surface area contributed by atoms with Gasteiger partial charge < -0.3 is 138 Å². The number of nitrogens with two attached hydrogens (primary N) is 5. The van der Waals surface area contributed by atoms with E-state index in [0.29, 0.717) is 16.7 Å². The van der Waals surface area contributed by atoms with Crippen LogP contribution in [0.15, 0.2) is 108 Å². The van der Waals surface area contributed by atoms with Gasteiger partial charge in [-0.25, -0.2) is 0 Å². The lowest BCUT2D eigenvalue weighted by Gasteiger charge is -2.32. The highest BCUT2D eigenvalue weighted by Crippen LogP contribution is 2.24. The summed E-state index contributed by atoms with van der Waals surface area (Å²) in [6, 6.07) is 1.97. The van der Waals surface area contributed by atoms with Crippen LogP contribution in [0.1, 0.15) is 93.4 Å². The van der Waals surface area contributed by atoms with Crippen molar-refractivity contribution in [3.63, 3.8) is 0 Å². The number of phenols is 3. The number of likely N-dealkylation sites (tertiary alicyclic amines) is 2. The van der Waals surface area contributed by atoms with Crippen molar-refractivity contribution in [3.05, 3.63) is 125 Å². The number of carboxylic acid groups (broad SMARTS) is 2. The summed E-state index contributed by atoms with van der Waals surface area (Å²) in [5.41, 5.74) is 29.6. The quantitative estimate of drug-likeness (QED) is 0.0111. The molecule has 0 spiro atoms. The number of aliphatic hydroxyl groups excluding tert-OH is 3. The van der Waals surface area contributed by atoms with Gasteiger partial charge in [0.2, 0.25) is 88.6 Å². The van der Waals surface area contributed by atoms with Gasteiger partial charge in [-0.05, 0) is 117 Å². The SMILES string of the molecule is C[C@@H](O)[C@H](NC(=O)[C@@H](N)Cc1ccc(O)cc1)C(=O)N1CCC[C@H]1C(=O)N[C@@H](CC(N)=O)C(=O)N[C@@H](CC(=O)O)C(=O)N1CCC[C@H]1C(=O)N[C@@H](Cc1ccc(O)cc1)C(=O)N[C@@H](Cc1ccccc1)C(=O)N[C@@H](CO)C(=O)N[C@@H](CO)C(=O)N[C@@H](CCCN=C(N)N)C(=O)N[C@@H](CCC(N)=O)C(=O)N[C@@H](Cc1ccc(O)cc1)C(=O)NCC(=O)O. The third-order valence-electron chi connectivity index (χ3n) is 19.4. The van der Waals surface area contributed by atoms with Crippen LogP contribution in [0.4, 0.5) is 0 Å². The predicted octanol–water partition coefficient (Wildman–Crippen LogP) is -8.53. The van der Waals surface area contributed by atoms with Gasteiger partial charge in [0, 0.05) is 45.3 Å². The molecule has 0 radical (unpaired) electrons. The molecule has 0 aromatic heterocycles. The molecule has 4 aromatic rings. The molecule has 0 aliphatic carbocycles. The van der Waals surface area contributed by atoms with Gasteiger partial charge in [0.05, 0.1) is 38.2 Å². The molecule has 6 rings (SSSR count). The number of nitrogens with one attached hydrogen (secondary N) is 11. The minimum absolute atomic E-state index is 0.0421. The number of hydrogen-bond acceptors (Lipinski definition) is 25. The van der Waals surface area contributed by atoms with Crippen molar-refractivity contribution < 1.29 is 122 Å². The van der Waals surface area contributed by atoms with Crippen LogP contribution in [-0.2, 0) is 107 Å². The highest BCUT2D eigenvalue weighted by Gasteiger charge is 2.44. The monoisotopic (exact) mass is 1690 g/mol. The number of guanidine groups is 1. The first-order valence-electron chi connectivity index (χ1n) is 38.4. The van der Waals surface area contributed by atoms with E-state index in [0.717, 1.165) is 9.80 Å². The van der Waals surface area contributed by atoms with Crippen molar-refractivity contribution in [1.29, 1.82) is 0 Å². The minimum atomic E-state index is -2.05. The molecule has 121 heavy (non-hydrogen) atoms. The van der Waals surface area contributed by atoms with Crippen molar-refractivity contribution in [2.45, 2.75) is 181 Å². The molecular weight excluding hydrogens is 1590 g/mol. The molecule has 2 heterocycles. The summed E-state index contributed by atoms with van der Waals surface area (Å²) in [5.74, 6) is -20.6. The normalized spacial score (nSPS) is 16.5. The number of phenolic OH excluding ortho intramolecular Hbond substituents is 3. The first kappa shape index (κ1) is 96.2. The molecule has 15 amide bonds. The van der Waals surface area contributed by atoms with Crippen LogP contribution in [0.5, 0.6) is 17.2 Å². The Balaban J connectivity index is 1.18. The Labute approximate surface area is 691 Å². The van der Waals surface area contributed by atoms with Gasteiger partial charge in [-0.2, -0.15) is 0 Å². The maximum atomic E-state index is 14.9. The van der Waals surface area contributed by atoms with Crippen molar-refractivity contribution in [2.75, 3.05) is 39.4 Å². The molecule has 4 aromatic carbocycles. The second-order valence-corrected chi connectivity index (χ2v) is 28.8. The van der Waals surface area contributed by atoms with Crippen molar-refractivity contribution in [3.8, 4) is 17.2 Å². The second kappa shape index (κ2) is 47.1. The molecule has 0 saturated carbocycles. The largest absolute Gasteiger partial charge is 0.508 e. The number of carbonyl (C=O) groups is 17. The number of primary amides is 2. The molecule has 656 valence electrons. The summed E-state index contributed by atoms with van der Waals surface area (Å²) in [6.07, 6.45) is -6.22. The van der Waals surface area contributed by atoms with Gasteiger partial charge in [0.15, 0.2) is 5.96 Å². The zero-order chi connectivity index (χ0) is 89.3. The number of hydrogen-bond donors (Lipinski definition) is 24. The number of carbonyl (C=O) groups excluding carboxylic acids is 15. The number of aromatic hydroxyl groups is 3. The smallest absolute Gasteiger partial charge is 0.322 e. The number of benzene rings is 4. The summed E-state index contributed by atoms with van der Waals surface area (Å²) in [5, 5.41) is 107. The zero-order valence-electron chi connectivity index (χ0n) is 65.8. The fourth-order valence-electron chi connectivity index (χ4n) is 13.1. The molecule has 14 atom stereocenters. The molecule has 2 aliphatic rings. The average molecular weight is 1690 g/mol. The number of aliphatic carboxylic acids is 2. The van der Waals surface area contributed by atoms with E-state index in [1.807, 2.05) is 0 Å². The number of nitrogens with zero attached hydrogens (tertiary/aromatic N) is 3. The topological polar surface area (TPSA) is 733 Å². The molecule has 2 fully saturated rings. The Kier molecular flexibility index (Phi) is 37.5. The second-order valence-electron chi connectivity index (χ2n) is 28.8. The summed E-state index contributed by atoms with van der Waals surface area (Å²) in [6.45, 7) is -2.65. The molecule has 44 heteroatoms. The van der Waals surface area contributed by atoms with E-state index in [1.165, 1.54) is 79.7 Å². The lowest BCUT2D eigenvalue weighted by Crippen LogP contribution is -2.62. The molecular formula is C77H103N19O25. The number of aliphatic imine (C=N–C) groups is 1. The van der Waals surface area contributed by atoms with Crippen LogP contribution in [0, 0.1) is 0 Å². The van der Waals surface area contributed by atoms with Crippen LogP contribution in [-0.4, -0.2) is 281 Å². The van der Waals surface area contributed by atoms with Crippen LogP contribution < -0.4 is 87.2 Å². The fourth-order valence-corrected chi connectivity index (χ4v) is 13.1. The molecule has 0 unspecified atom stereocenters. The van der Waals surface area contributed by atoms with Gasteiger partial charge in [-0.1, -0.05) is 66.7 Å². The highest BCUT2D eigenvalue weighted by atomic mass is 16.4. The Morgan fingerprint density at radius 2 is 0.818 bits per heavy atom. The summed E-state index contributed by atoms with van der Waals surface area (Å²) >= 11 is 0. The van der Waals surface area contributed by atoms with Gasteiger partial charge in [-0.3, -0.25) is 86.5 Å². The van der Waals surface area contributed by atoms with Crippen molar-refractivity contribution in [2.24, 2.45) is 33.7 Å². The Morgan fingerprint density at radius 3 is 1.26 bits per heavy atom. The van der Waals surface area contributed by atoms with Crippen molar-refractivity contribution >= 4 is 107 Å². The number of amides is 15. The first-order valence-corrected chi connectivity index (χ1v) is 38.4. The minimum Gasteiger partial charge on any atom is -0.508 e. The average Bonchev–Trinajstić information content (AvgIpc) is 1.71. The predicted molar refractivity (Wildman–Crippen MR) is 423 cm³/mol. The number of aliphatic hydroxyl groups is 3. The number of carboxylic acids is 2. The molecule has 44 nitrogen and oxygen atoms in total. The maximum Gasteiger partial charge on any atom is 0.322 e. The first-order chi connectivity index (χ1) is 57.3.